The summed E-state index contributed by atoms with van der Waals surface area (Å²) in [5, 5.41) is 18.1. The van der Waals surface area contributed by atoms with Gasteiger partial charge in [-0.25, -0.2) is 37.7 Å². The minimum atomic E-state index is -3.59. The minimum Gasteiger partial charge on any atom is -0.356 e. The van der Waals surface area contributed by atoms with Crippen LogP contribution in [-0.4, -0.2) is 146 Å². The van der Waals surface area contributed by atoms with Crippen LogP contribution in [0.4, 0.5) is 28.8 Å². The summed E-state index contributed by atoms with van der Waals surface area (Å²) in [5.74, 6) is 2.06. The van der Waals surface area contributed by atoms with Crippen molar-refractivity contribution in [1.82, 2.24) is 55.2 Å². The molecule has 28 heteroatoms. The molecule has 0 radical (unpaired) electrons. The molecule has 78 heavy (non-hydrogen) atoms. The van der Waals surface area contributed by atoms with Crippen LogP contribution in [0.25, 0.3) is 11.3 Å². The molecule has 0 bridgehead atoms. The Morgan fingerprint density at radius 1 is 0.564 bits per heavy atom. The first-order valence-corrected chi connectivity index (χ1v) is 31.0. The Balaban J connectivity index is 0.000000175. The molecule has 2 amide bonds. The van der Waals surface area contributed by atoms with Crippen LogP contribution in [0.5, 0.6) is 0 Å². The number of hydrogen-bond acceptors (Lipinski definition) is 16. The van der Waals surface area contributed by atoms with Gasteiger partial charge < -0.3 is 20.0 Å². The first-order chi connectivity index (χ1) is 37.0. The number of nitrogens with one attached hydrogen (secondary N) is 5. The predicted octanol–water partition coefficient (Wildman–Crippen LogP) is 6.94. The normalized spacial score (nSPS) is 19.5. The quantitative estimate of drug-likeness (QED) is 0.0826. The molecule has 0 spiro atoms. The van der Waals surface area contributed by atoms with Crippen molar-refractivity contribution in [3.05, 3.63) is 98.4 Å². The standard InChI is InChI=1S/C25H31ClN8O3S.C22H25Cl2N7O3S.C3H7N.ClH/c1-38(36,37)30-19-8-7-17(26)14-18(19)25(35)32-12-3-2-6-21(32)20-15-23-28-22(31-10-5-11-31)16-24(34(23)29-20)33-13-4-9-27-33;1-35(33,34)28-16-7-6-14(23)11-15(16)22(32)29-9-3-2-5-18(29)17-12-20-26-19(24)13-21(31(20)27-17)30-10-4-8-25-30;1-2-4-3-1;/h7-8,14-16,21,27,30H,2-6,9-13H2,1H3;6-7,11-13,18,25,28H,2-5,8-10H2,1H3;4H,1-3H2;1H/t21-;18-;;/m00../s1. The molecule has 6 fully saturated rings. The molecule has 6 aromatic rings. The number of rotatable bonds is 11. The Bertz CT molecular complexity index is 3380. The van der Waals surface area contributed by atoms with Gasteiger partial charge >= 0.3 is 0 Å². The monoisotopic (exact) mass is 1190 g/mol. The molecular weight excluding hydrogens is 1130 g/mol. The summed E-state index contributed by atoms with van der Waals surface area (Å²) >= 11 is 18.7. The van der Waals surface area contributed by atoms with Crippen LogP contribution in [0.1, 0.15) is 108 Å². The molecule has 420 valence electrons. The predicted molar refractivity (Wildman–Crippen MR) is 308 cm³/mol. The van der Waals surface area contributed by atoms with Gasteiger partial charge in [0, 0.05) is 86.7 Å². The Hall–Kier alpha value is -5.44. The van der Waals surface area contributed by atoms with Crippen LogP contribution in [0.15, 0.2) is 60.7 Å². The molecule has 6 saturated heterocycles. The Morgan fingerprint density at radius 2 is 1.03 bits per heavy atom. The fourth-order valence-corrected chi connectivity index (χ4v) is 11.9. The summed E-state index contributed by atoms with van der Waals surface area (Å²) in [6.07, 6.45) is 11.7. The Labute approximate surface area is 475 Å². The van der Waals surface area contributed by atoms with Crippen molar-refractivity contribution < 1.29 is 26.4 Å². The van der Waals surface area contributed by atoms with Crippen molar-refractivity contribution >= 4 is 119 Å². The molecule has 22 nitrogen and oxygen atoms in total. The number of fused-ring (bicyclic) bond motifs is 2. The summed E-state index contributed by atoms with van der Waals surface area (Å²) in [4.78, 5) is 42.7. The Kier molecular flexibility index (Phi) is 18.0. The number of nitrogens with zero attached hydrogens (tertiary/aromatic N) is 11. The molecule has 12 rings (SSSR count). The zero-order valence-electron chi connectivity index (χ0n) is 43.3. The summed E-state index contributed by atoms with van der Waals surface area (Å²) in [7, 11) is -7.17. The highest BCUT2D eigenvalue weighted by atomic mass is 35.5. The lowest BCUT2D eigenvalue weighted by atomic mass is 9.98. The Morgan fingerprint density at radius 3 is 1.44 bits per heavy atom. The smallest absolute Gasteiger partial charge is 0.256 e. The van der Waals surface area contributed by atoms with E-state index in [1.54, 1.807) is 32.5 Å². The van der Waals surface area contributed by atoms with Gasteiger partial charge in [-0.15, -0.1) is 12.4 Å². The fraction of sp³-hybridized carbons (Fsp3) is 0.480. The van der Waals surface area contributed by atoms with E-state index in [9.17, 15) is 26.4 Å². The summed E-state index contributed by atoms with van der Waals surface area (Å²) in [5.41, 5.74) is 10.4. The van der Waals surface area contributed by atoms with Crippen LogP contribution in [0.3, 0.4) is 0 Å². The van der Waals surface area contributed by atoms with Crippen molar-refractivity contribution in [3.63, 3.8) is 0 Å². The number of aromatic nitrogens is 6. The lowest BCUT2D eigenvalue weighted by molar-refractivity contribution is 0.0600. The lowest BCUT2D eigenvalue weighted by Gasteiger charge is -2.35. The van der Waals surface area contributed by atoms with Crippen LogP contribution >= 0.6 is 47.2 Å². The van der Waals surface area contributed by atoms with Gasteiger partial charge in [0.2, 0.25) is 20.0 Å². The number of carbonyl (C=O) groups is 2. The number of hydrazine groups is 2. The van der Waals surface area contributed by atoms with E-state index in [1.807, 2.05) is 21.7 Å². The van der Waals surface area contributed by atoms with Crippen LogP contribution in [0.2, 0.25) is 15.2 Å². The van der Waals surface area contributed by atoms with E-state index in [0.29, 0.717) is 39.6 Å². The molecule has 5 N–H and O–H groups in total. The highest BCUT2D eigenvalue weighted by Gasteiger charge is 2.35. The zero-order valence-corrected chi connectivity index (χ0v) is 48.0. The maximum atomic E-state index is 13.9. The number of anilines is 5. The highest BCUT2D eigenvalue weighted by molar-refractivity contribution is 7.92. The van der Waals surface area contributed by atoms with Crippen molar-refractivity contribution in [2.24, 2.45) is 0 Å². The van der Waals surface area contributed by atoms with Gasteiger partial charge in [-0.3, -0.25) is 29.1 Å². The first-order valence-electron chi connectivity index (χ1n) is 26.1. The maximum Gasteiger partial charge on any atom is 0.256 e. The second kappa shape index (κ2) is 24.5. The summed E-state index contributed by atoms with van der Waals surface area (Å²) in [6, 6.07) is 16.3. The van der Waals surface area contributed by atoms with E-state index in [-0.39, 0.29) is 58.8 Å². The lowest BCUT2D eigenvalue weighted by Crippen LogP contribution is -2.39. The average molecular weight is 1190 g/mol. The zero-order chi connectivity index (χ0) is 54.0. The number of sulfonamides is 2. The van der Waals surface area contributed by atoms with Gasteiger partial charge in [-0.05, 0) is 114 Å². The SMILES string of the molecule is C1CNC1.CS(=O)(=O)Nc1ccc(Cl)cc1C(=O)N1CCCC[C@H]1c1cc2nc(Cl)cc(N3CCCN3)n2n1.CS(=O)(=O)Nc1ccc(Cl)cc1C(=O)N1CCCC[C@H]1c1cc2nc(N3CCC3)cc(N3CCCN3)n2n1.Cl. The van der Waals surface area contributed by atoms with Crippen molar-refractivity contribution in [2.45, 2.75) is 76.3 Å². The number of amides is 2. The summed E-state index contributed by atoms with van der Waals surface area (Å²) in [6.45, 7) is 9.01. The number of likely N-dealkylation sites (tertiary alicyclic amines) is 2. The van der Waals surface area contributed by atoms with Gasteiger partial charge in [0.05, 0.1) is 58.5 Å². The second-order valence-corrected chi connectivity index (χ2v) is 24.8. The van der Waals surface area contributed by atoms with Crippen molar-refractivity contribution in [1.29, 1.82) is 0 Å². The van der Waals surface area contributed by atoms with Crippen molar-refractivity contribution in [3.8, 4) is 0 Å². The number of carbonyl (C=O) groups excluding carboxylic acids is 2. The molecule has 6 aliphatic heterocycles. The number of hydrogen-bond donors (Lipinski definition) is 5. The minimum absolute atomic E-state index is 0. The number of halogens is 4. The van der Waals surface area contributed by atoms with Gasteiger partial charge in [0.25, 0.3) is 11.8 Å². The van der Waals surface area contributed by atoms with E-state index in [0.717, 1.165) is 138 Å². The highest BCUT2D eigenvalue weighted by Crippen LogP contribution is 2.38. The molecule has 0 aliphatic carbocycles. The number of piperidine rings is 2. The third-order valence-corrected chi connectivity index (χ3v) is 16.0. The first kappa shape index (κ1) is 57.3. The molecular formula is C50H64Cl4N16O6S2. The third kappa shape index (κ3) is 13.2. The van der Waals surface area contributed by atoms with Gasteiger partial charge in [-0.2, -0.15) is 19.2 Å². The molecule has 6 aliphatic rings. The third-order valence-electron chi connectivity index (χ3n) is 14.2. The molecule has 10 heterocycles. The molecule has 2 atom stereocenters. The van der Waals surface area contributed by atoms with Crippen LogP contribution in [-0.2, 0) is 20.0 Å². The van der Waals surface area contributed by atoms with Crippen molar-refractivity contribution in [2.75, 3.05) is 102 Å². The topological polar surface area (TPSA) is 239 Å². The molecule has 2 aromatic carbocycles. The van der Waals surface area contributed by atoms with E-state index >= 15 is 0 Å². The summed E-state index contributed by atoms with van der Waals surface area (Å²) < 4.78 is 56.2. The van der Waals surface area contributed by atoms with Gasteiger partial charge in [0.1, 0.15) is 22.6 Å². The van der Waals surface area contributed by atoms with E-state index < -0.39 is 20.0 Å². The van der Waals surface area contributed by atoms with E-state index in [1.165, 1.54) is 43.8 Å². The largest absolute Gasteiger partial charge is 0.356 e. The molecule has 0 unspecified atom stereocenters. The van der Waals surface area contributed by atoms with Crippen LogP contribution < -0.4 is 40.5 Å². The van der Waals surface area contributed by atoms with Crippen LogP contribution in [0, 0.1) is 0 Å². The average Bonchev–Trinajstić information content (AvgIpc) is 4.37. The van der Waals surface area contributed by atoms with Gasteiger partial charge in [0.15, 0.2) is 11.3 Å². The van der Waals surface area contributed by atoms with Gasteiger partial charge in [-0.1, -0.05) is 34.8 Å². The molecule has 0 saturated carbocycles. The fourth-order valence-electron chi connectivity index (χ4n) is 10.2. The maximum absolute atomic E-state index is 13.9. The van der Waals surface area contributed by atoms with E-state index in [4.69, 9.17) is 50.0 Å². The second-order valence-electron chi connectivity index (χ2n) is 20.0. The molecule has 4 aromatic heterocycles. The van der Waals surface area contributed by atoms with E-state index in [2.05, 4.69) is 46.6 Å². The number of benzene rings is 2.